The summed E-state index contributed by atoms with van der Waals surface area (Å²) in [5.74, 6) is 1.97. The summed E-state index contributed by atoms with van der Waals surface area (Å²) < 4.78 is 10.8. The van der Waals surface area contributed by atoms with E-state index in [0.29, 0.717) is 28.6 Å². The van der Waals surface area contributed by atoms with Crippen LogP contribution < -0.4 is 14.8 Å². The molecule has 0 spiro atoms. The van der Waals surface area contributed by atoms with Crippen molar-refractivity contribution in [2.75, 3.05) is 19.5 Å². The second-order valence-corrected chi connectivity index (χ2v) is 6.76. The minimum absolute atomic E-state index is 0.553. The Labute approximate surface area is 166 Å². The van der Waals surface area contributed by atoms with Gasteiger partial charge in [0.05, 0.1) is 30.9 Å². The number of hydrogen-bond acceptors (Lipinski definition) is 7. The Morgan fingerprint density at radius 3 is 2.64 bits per heavy atom. The van der Waals surface area contributed by atoms with Crippen molar-refractivity contribution in [3.8, 4) is 28.7 Å². The first kappa shape index (κ1) is 17.8. The molecule has 0 fully saturated rings. The number of fused-ring (bicyclic) bond motifs is 1. The molecule has 0 aliphatic rings. The maximum atomic E-state index is 9.36. The molecule has 28 heavy (non-hydrogen) atoms. The quantitative estimate of drug-likeness (QED) is 0.519. The number of rotatable bonds is 5. The first-order valence-electron chi connectivity index (χ1n) is 8.46. The van der Waals surface area contributed by atoms with Crippen molar-refractivity contribution in [2.45, 2.75) is 0 Å². The summed E-state index contributed by atoms with van der Waals surface area (Å²) in [4.78, 5) is 9.68. The Balaban J connectivity index is 1.85. The van der Waals surface area contributed by atoms with Crippen LogP contribution in [0.4, 0.5) is 11.5 Å². The molecule has 0 radical (unpaired) electrons. The van der Waals surface area contributed by atoms with E-state index in [0.717, 1.165) is 21.3 Å². The minimum Gasteiger partial charge on any atom is -0.493 e. The molecule has 1 N–H and O–H groups in total. The highest BCUT2D eigenvalue weighted by Gasteiger charge is 2.16. The molecule has 0 saturated heterocycles. The van der Waals surface area contributed by atoms with Crippen molar-refractivity contribution in [1.82, 2.24) is 9.97 Å². The van der Waals surface area contributed by atoms with Crippen LogP contribution in [0.5, 0.6) is 11.5 Å². The predicted molar refractivity (Wildman–Crippen MR) is 110 cm³/mol. The van der Waals surface area contributed by atoms with Gasteiger partial charge in [-0.25, -0.2) is 9.97 Å². The van der Waals surface area contributed by atoms with Gasteiger partial charge in [0, 0.05) is 10.9 Å². The van der Waals surface area contributed by atoms with E-state index in [9.17, 15) is 5.26 Å². The third-order valence-corrected chi connectivity index (χ3v) is 5.25. The summed E-state index contributed by atoms with van der Waals surface area (Å²) in [6.45, 7) is 0. The Morgan fingerprint density at radius 1 is 1.04 bits per heavy atom. The van der Waals surface area contributed by atoms with E-state index in [-0.39, 0.29) is 0 Å². The van der Waals surface area contributed by atoms with E-state index in [1.54, 1.807) is 20.3 Å². The molecule has 0 unspecified atom stereocenters. The van der Waals surface area contributed by atoms with Gasteiger partial charge in [0.25, 0.3) is 0 Å². The lowest BCUT2D eigenvalue weighted by atomic mass is 10.1. The van der Waals surface area contributed by atoms with Crippen LogP contribution in [0.3, 0.4) is 0 Å². The van der Waals surface area contributed by atoms with Crippen molar-refractivity contribution < 1.29 is 9.47 Å². The van der Waals surface area contributed by atoms with Gasteiger partial charge < -0.3 is 14.8 Å². The molecule has 4 rings (SSSR count). The number of thiophene rings is 1. The number of methoxy groups -OCH3 is 2. The topological polar surface area (TPSA) is 80.1 Å². The van der Waals surface area contributed by atoms with Crippen LogP contribution in [0.2, 0.25) is 0 Å². The third-order valence-electron chi connectivity index (χ3n) is 4.37. The minimum atomic E-state index is 0.553. The molecule has 0 saturated carbocycles. The normalized spacial score (nSPS) is 10.5. The Hall–Kier alpha value is -3.63. The molecule has 2 heterocycles. The maximum absolute atomic E-state index is 9.36. The SMILES string of the molecule is COc1ccc(-c2csc3ncnc(Nc4ccccc4C#N)c23)cc1OC. The van der Waals surface area contributed by atoms with Gasteiger partial charge in [-0.2, -0.15) is 5.26 Å². The van der Waals surface area contributed by atoms with Crippen molar-refractivity contribution >= 4 is 33.1 Å². The number of nitrogens with zero attached hydrogens (tertiary/aromatic N) is 3. The largest absolute Gasteiger partial charge is 0.493 e. The van der Waals surface area contributed by atoms with Crippen LogP contribution in [0.25, 0.3) is 21.3 Å². The molecular weight excluding hydrogens is 372 g/mol. The fourth-order valence-electron chi connectivity index (χ4n) is 3.00. The molecule has 7 heteroatoms. The zero-order valence-electron chi connectivity index (χ0n) is 15.3. The first-order valence-corrected chi connectivity index (χ1v) is 9.34. The van der Waals surface area contributed by atoms with Crippen molar-refractivity contribution in [2.24, 2.45) is 0 Å². The maximum Gasteiger partial charge on any atom is 0.161 e. The van der Waals surface area contributed by atoms with Gasteiger partial charge >= 0.3 is 0 Å². The van der Waals surface area contributed by atoms with E-state index < -0.39 is 0 Å². The lowest BCUT2D eigenvalue weighted by Crippen LogP contribution is -1.97. The van der Waals surface area contributed by atoms with Gasteiger partial charge in [0.2, 0.25) is 0 Å². The highest BCUT2D eigenvalue weighted by Crippen LogP contribution is 2.40. The summed E-state index contributed by atoms with van der Waals surface area (Å²) >= 11 is 1.54. The number of anilines is 2. The highest BCUT2D eigenvalue weighted by molar-refractivity contribution is 7.17. The molecule has 6 nitrogen and oxygen atoms in total. The van der Waals surface area contributed by atoms with Crippen LogP contribution in [-0.2, 0) is 0 Å². The second-order valence-electron chi connectivity index (χ2n) is 5.90. The Bertz CT molecular complexity index is 1200. The molecule has 138 valence electrons. The Morgan fingerprint density at radius 2 is 1.86 bits per heavy atom. The first-order chi connectivity index (χ1) is 13.7. The van der Waals surface area contributed by atoms with E-state index in [1.165, 1.54) is 17.7 Å². The zero-order valence-corrected chi connectivity index (χ0v) is 16.1. The molecule has 0 aliphatic carbocycles. The van der Waals surface area contributed by atoms with Crippen LogP contribution >= 0.6 is 11.3 Å². The molecule has 0 aliphatic heterocycles. The summed E-state index contributed by atoms with van der Waals surface area (Å²) in [5, 5.41) is 15.6. The van der Waals surface area contributed by atoms with E-state index in [4.69, 9.17) is 9.47 Å². The molecule has 0 amide bonds. The van der Waals surface area contributed by atoms with E-state index >= 15 is 0 Å². The van der Waals surface area contributed by atoms with Crippen LogP contribution in [0.1, 0.15) is 5.56 Å². The number of para-hydroxylation sites is 1. The number of benzene rings is 2. The summed E-state index contributed by atoms with van der Waals surface area (Å²) in [5.41, 5.74) is 3.21. The van der Waals surface area contributed by atoms with Gasteiger partial charge in [0.15, 0.2) is 11.5 Å². The van der Waals surface area contributed by atoms with Gasteiger partial charge in [-0.05, 0) is 29.8 Å². The lowest BCUT2D eigenvalue weighted by molar-refractivity contribution is 0.355. The Kier molecular flexibility index (Phi) is 4.79. The fraction of sp³-hybridized carbons (Fsp3) is 0.0952. The smallest absolute Gasteiger partial charge is 0.161 e. The van der Waals surface area contributed by atoms with E-state index in [1.807, 2.05) is 41.8 Å². The molecule has 0 atom stereocenters. The van der Waals surface area contributed by atoms with E-state index in [2.05, 4.69) is 21.4 Å². The average Bonchev–Trinajstić information content (AvgIpc) is 3.19. The number of nitrogens with one attached hydrogen (secondary N) is 1. The molecule has 4 aromatic rings. The zero-order chi connectivity index (χ0) is 19.5. The summed E-state index contributed by atoms with van der Waals surface area (Å²) in [6.07, 6.45) is 1.52. The van der Waals surface area contributed by atoms with Crippen molar-refractivity contribution in [1.29, 1.82) is 5.26 Å². The lowest BCUT2D eigenvalue weighted by Gasteiger charge is -2.11. The van der Waals surface area contributed by atoms with Crippen LogP contribution in [0, 0.1) is 11.3 Å². The fourth-order valence-corrected chi connectivity index (χ4v) is 3.92. The average molecular weight is 388 g/mol. The van der Waals surface area contributed by atoms with Crippen molar-refractivity contribution in [3.63, 3.8) is 0 Å². The van der Waals surface area contributed by atoms with Gasteiger partial charge in [-0.3, -0.25) is 0 Å². The van der Waals surface area contributed by atoms with Crippen LogP contribution in [-0.4, -0.2) is 24.2 Å². The summed E-state index contributed by atoms with van der Waals surface area (Å²) in [6, 6.07) is 15.3. The van der Waals surface area contributed by atoms with Gasteiger partial charge in [-0.15, -0.1) is 11.3 Å². The number of ether oxygens (including phenoxy) is 2. The molecule has 2 aromatic heterocycles. The molecular formula is C21H16N4O2S. The number of aromatic nitrogens is 2. The third kappa shape index (κ3) is 3.10. The number of hydrogen-bond donors (Lipinski definition) is 1. The van der Waals surface area contributed by atoms with Gasteiger partial charge in [0.1, 0.15) is 23.0 Å². The summed E-state index contributed by atoms with van der Waals surface area (Å²) in [7, 11) is 3.22. The molecule has 2 aromatic carbocycles. The predicted octanol–water partition coefficient (Wildman–Crippen LogP) is 4.99. The highest BCUT2D eigenvalue weighted by atomic mass is 32.1. The standard InChI is InChI=1S/C21H16N4O2S/c1-26-17-8-7-13(9-18(17)27-2)15-11-28-21-19(15)20(23-12-24-21)25-16-6-4-3-5-14(16)10-22/h3-9,11-12H,1-2H3,(H,23,24,25). The van der Waals surface area contributed by atoms with Crippen LogP contribution in [0.15, 0.2) is 54.2 Å². The van der Waals surface area contributed by atoms with Gasteiger partial charge in [-0.1, -0.05) is 18.2 Å². The number of nitriles is 1. The monoisotopic (exact) mass is 388 g/mol. The second kappa shape index (κ2) is 7.55. The van der Waals surface area contributed by atoms with Crippen molar-refractivity contribution in [3.05, 3.63) is 59.7 Å². The molecule has 0 bridgehead atoms.